The fourth-order valence-electron chi connectivity index (χ4n) is 7.49. The number of piperidine rings is 3. The Morgan fingerprint density at radius 2 is 1.79 bits per heavy atom. The maximum Gasteiger partial charge on any atom is 0.336 e. The molecule has 12 heteroatoms. The third-order valence-electron chi connectivity index (χ3n) is 9.81. The van der Waals surface area contributed by atoms with E-state index in [-0.39, 0.29) is 41.5 Å². The van der Waals surface area contributed by atoms with Crippen LogP contribution in [-0.4, -0.2) is 99.5 Å². The smallest absolute Gasteiger partial charge is 0.336 e. The van der Waals surface area contributed by atoms with Gasteiger partial charge in [0.05, 0.1) is 25.6 Å². The second kappa shape index (κ2) is 13.2. The molecule has 3 fully saturated rings. The van der Waals surface area contributed by atoms with E-state index in [9.17, 15) is 14.4 Å². The highest BCUT2D eigenvalue weighted by atomic mass is 35.5. The number of likely N-dealkylation sites (tertiary alicyclic amines) is 2. The topological polar surface area (TPSA) is 120 Å². The Morgan fingerprint density at radius 1 is 1.05 bits per heavy atom. The number of hydrogen-bond acceptors (Lipinski definition) is 7. The molecule has 1 atom stereocenters. The van der Waals surface area contributed by atoms with E-state index in [1.807, 2.05) is 34.1 Å². The second-order valence-corrected chi connectivity index (χ2v) is 12.7. The van der Waals surface area contributed by atoms with Gasteiger partial charge in [-0.05, 0) is 43.7 Å². The summed E-state index contributed by atoms with van der Waals surface area (Å²) in [4.78, 5) is 53.3. The summed E-state index contributed by atoms with van der Waals surface area (Å²) < 4.78 is 0.430. The van der Waals surface area contributed by atoms with E-state index >= 15 is 0 Å². The number of amides is 4. The molecule has 1 unspecified atom stereocenters. The van der Waals surface area contributed by atoms with Gasteiger partial charge in [0.25, 0.3) is 0 Å². The van der Waals surface area contributed by atoms with Crippen LogP contribution in [-0.2, 0) is 16.1 Å². The molecule has 4 aliphatic heterocycles. The Morgan fingerprint density at radius 3 is 2.53 bits per heavy atom. The van der Waals surface area contributed by atoms with Crippen molar-refractivity contribution in [2.45, 2.75) is 76.0 Å². The number of fused-ring (bicyclic) bond motifs is 1. The molecule has 3 N–H and O–H groups in total. The van der Waals surface area contributed by atoms with Crippen molar-refractivity contribution in [3.05, 3.63) is 47.4 Å². The van der Waals surface area contributed by atoms with Crippen molar-refractivity contribution >= 4 is 41.0 Å². The van der Waals surface area contributed by atoms with Crippen molar-refractivity contribution in [3.63, 3.8) is 0 Å². The number of aromatic nitrogens is 2. The first-order chi connectivity index (χ1) is 20.9. The fourth-order valence-corrected chi connectivity index (χ4v) is 7.64. The summed E-state index contributed by atoms with van der Waals surface area (Å²) in [5.74, 6) is 0.466. The largest absolute Gasteiger partial charge is 0.355 e. The summed E-state index contributed by atoms with van der Waals surface area (Å²) in [6.07, 6.45) is 7.87. The number of carbonyl (C=O) groups excluding carboxylic acids is 3. The van der Waals surface area contributed by atoms with E-state index in [1.165, 1.54) is 6.33 Å². The van der Waals surface area contributed by atoms with E-state index in [1.54, 1.807) is 6.07 Å². The number of carbonyl (C=O) groups is 3. The van der Waals surface area contributed by atoms with Crippen LogP contribution in [0.5, 0.6) is 0 Å². The Bertz CT molecular complexity index is 1320. The van der Waals surface area contributed by atoms with Crippen LogP contribution < -0.4 is 16.0 Å². The Labute approximate surface area is 257 Å². The van der Waals surface area contributed by atoms with E-state index in [0.29, 0.717) is 42.8 Å². The quantitative estimate of drug-likeness (QED) is 0.324. The molecule has 6 rings (SSSR count). The van der Waals surface area contributed by atoms with Gasteiger partial charge in [-0.2, -0.15) is 0 Å². The van der Waals surface area contributed by atoms with Crippen LogP contribution in [0.15, 0.2) is 36.7 Å². The highest BCUT2D eigenvalue weighted by Crippen LogP contribution is 2.32. The number of quaternary nitrogens is 1. The van der Waals surface area contributed by atoms with Crippen molar-refractivity contribution < 1.29 is 18.9 Å². The summed E-state index contributed by atoms with van der Waals surface area (Å²) in [6.45, 7) is 5.10. The summed E-state index contributed by atoms with van der Waals surface area (Å²) in [6, 6.07) is 8.96. The molecule has 230 valence electrons. The SMILES string of the molecule is O=C(CC(Nc1cc(Cl)ncn1)C(=O)[N+]1(C2CCNCC2)CCCCC1)N1CCC(N2Cc3ccccc3NC2=O)CC1. The predicted octanol–water partition coefficient (Wildman–Crippen LogP) is 3.62. The van der Waals surface area contributed by atoms with E-state index in [4.69, 9.17) is 11.6 Å². The van der Waals surface area contributed by atoms with Crippen molar-refractivity contribution in [1.29, 1.82) is 0 Å². The minimum atomic E-state index is -0.728. The standard InChI is InChI=1S/C31H41ClN8O3/c32-27-19-28(35-21-34-27)36-26(30(42)40(16-4-1-5-17-40)24-8-12-33-13-9-24)18-29(41)38-14-10-23(11-15-38)39-20-22-6-2-3-7-25(22)37-31(39)43/h2-3,6-7,19,21,23-24,26,33H,1,4-5,8-18,20H2,(H-,34,35,36,37,43)/p+1. The van der Waals surface area contributed by atoms with Crippen LogP contribution in [0.3, 0.4) is 0 Å². The monoisotopic (exact) mass is 609 g/mol. The molecule has 0 aliphatic carbocycles. The molecule has 1 aromatic carbocycles. The minimum absolute atomic E-state index is 0.0493. The number of rotatable bonds is 7. The lowest BCUT2D eigenvalue weighted by Crippen LogP contribution is -2.67. The zero-order valence-electron chi connectivity index (χ0n) is 24.6. The van der Waals surface area contributed by atoms with Crippen LogP contribution >= 0.6 is 11.6 Å². The van der Waals surface area contributed by atoms with Crippen LogP contribution in [0, 0.1) is 0 Å². The van der Waals surface area contributed by atoms with Crippen molar-refractivity contribution in [1.82, 2.24) is 25.1 Å². The van der Waals surface area contributed by atoms with E-state index in [2.05, 4.69) is 25.9 Å². The molecule has 5 heterocycles. The molecule has 0 radical (unpaired) electrons. The zero-order valence-corrected chi connectivity index (χ0v) is 25.4. The van der Waals surface area contributed by atoms with Crippen molar-refractivity contribution in [2.24, 2.45) is 0 Å². The average Bonchev–Trinajstić information content (AvgIpc) is 3.04. The van der Waals surface area contributed by atoms with Crippen LogP contribution in [0.2, 0.25) is 5.15 Å². The first-order valence-corrected chi connectivity index (χ1v) is 16.1. The summed E-state index contributed by atoms with van der Waals surface area (Å²) in [7, 11) is 0. The zero-order chi connectivity index (χ0) is 29.8. The van der Waals surface area contributed by atoms with Gasteiger partial charge in [-0.25, -0.2) is 19.6 Å². The number of benzene rings is 1. The van der Waals surface area contributed by atoms with Crippen molar-refractivity contribution in [3.8, 4) is 0 Å². The summed E-state index contributed by atoms with van der Waals surface area (Å²) in [5, 5.41) is 10.0. The predicted molar refractivity (Wildman–Crippen MR) is 164 cm³/mol. The summed E-state index contributed by atoms with van der Waals surface area (Å²) in [5.41, 5.74) is 1.96. The average molecular weight is 610 g/mol. The molecule has 4 amide bonds. The number of para-hydroxylation sites is 1. The normalized spacial score (nSPS) is 21.9. The number of anilines is 2. The van der Waals surface area contributed by atoms with Gasteiger partial charge in [0.2, 0.25) is 5.91 Å². The van der Waals surface area contributed by atoms with Gasteiger partial charge in [-0.1, -0.05) is 29.8 Å². The van der Waals surface area contributed by atoms with Gasteiger partial charge in [0.1, 0.15) is 17.3 Å². The number of nitrogens with one attached hydrogen (secondary N) is 3. The fraction of sp³-hybridized carbons (Fsp3) is 0.581. The molecule has 11 nitrogen and oxygen atoms in total. The highest BCUT2D eigenvalue weighted by Gasteiger charge is 2.49. The molecule has 2 aromatic rings. The van der Waals surface area contributed by atoms with Crippen LogP contribution in [0.25, 0.3) is 0 Å². The Balaban J connectivity index is 1.16. The molecule has 0 spiro atoms. The third kappa shape index (κ3) is 6.49. The number of hydrogen-bond donors (Lipinski definition) is 3. The van der Waals surface area contributed by atoms with Gasteiger partial charge < -0.3 is 25.8 Å². The molecule has 43 heavy (non-hydrogen) atoms. The van der Waals surface area contributed by atoms with Crippen LogP contribution in [0.4, 0.5) is 16.3 Å². The Kier molecular flexibility index (Phi) is 9.11. The first kappa shape index (κ1) is 29.8. The van der Waals surface area contributed by atoms with Crippen LogP contribution in [0.1, 0.15) is 56.9 Å². The number of halogens is 1. The third-order valence-corrected chi connectivity index (χ3v) is 10.0. The lowest BCUT2D eigenvalue weighted by Gasteiger charge is -2.47. The van der Waals surface area contributed by atoms with Gasteiger partial charge in [0.15, 0.2) is 6.04 Å². The van der Waals surface area contributed by atoms with Gasteiger partial charge in [-0.15, -0.1) is 0 Å². The molecular weight excluding hydrogens is 568 g/mol. The lowest BCUT2D eigenvalue weighted by molar-refractivity contribution is -0.885. The molecule has 3 saturated heterocycles. The van der Waals surface area contributed by atoms with E-state index in [0.717, 1.165) is 69.5 Å². The highest BCUT2D eigenvalue weighted by molar-refractivity contribution is 6.29. The molecule has 4 aliphatic rings. The maximum atomic E-state index is 14.6. The van der Waals surface area contributed by atoms with E-state index < -0.39 is 6.04 Å². The van der Waals surface area contributed by atoms with Gasteiger partial charge >= 0.3 is 11.9 Å². The van der Waals surface area contributed by atoms with Gasteiger partial charge in [0, 0.05) is 63.4 Å². The molecule has 0 saturated carbocycles. The minimum Gasteiger partial charge on any atom is -0.355 e. The second-order valence-electron chi connectivity index (χ2n) is 12.3. The van der Waals surface area contributed by atoms with Crippen molar-refractivity contribution in [2.75, 3.05) is 49.9 Å². The van der Waals surface area contributed by atoms with Gasteiger partial charge in [-0.3, -0.25) is 9.28 Å². The maximum absolute atomic E-state index is 14.6. The number of nitrogens with zero attached hydrogens (tertiary/aromatic N) is 5. The lowest BCUT2D eigenvalue weighted by atomic mass is 9.93. The molecule has 1 aromatic heterocycles. The first-order valence-electron chi connectivity index (χ1n) is 15.7. The molecular formula is C31H42ClN8O3+. The number of urea groups is 1. The Hall–Kier alpha value is -3.28. The molecule has 0 bridgehead atoms. The summed E-state index contributed by atoms with van der Waals surface area (Å²) >= 11 is 6.15.